The molecule has 0 aliphatic carbocycles. The van der Waals surface area contributed by atoms with Gasteiger partial charge in [0.25, 0.3) is 0 Å². The van der Waals surface area contributed by atoms with Crippen LogP contribution in [0.4, 0.5) is 0 Å². The number of hydrogen-bond acceptors (Lipinski definition) is 5. The van der Waals surface area contributed by atoms with Crippen LogP contribution in [0.2, 0.25) is 0 Å². The quantitative estimate of drug-likeness (QED) is 0.0246. The van der Waals surface area contributed by atoms with Gasteiger partial charge in [0.1, 0.15) is 13.2 Å². The number of aliphatic hydroxyl groups excluding tert-OH is 1. The summed E-state index contributed by atoms with van der Waals surface area (Å²) in [6.07, 6.45) is 46.5. The van der Waals surface area contributed by atoms with Crippen molar-refractivity contribution < 1.29 is 32.9 Å². The molecule has 3 atom stereocenters. The second-order valence-corrected chi connectivity index (χ2v) is 18.2. The van der Waals surface area contributed by atoms with Crippen LogP contribution in [0.25, 0.3) is 0 Å². The lowest BCUT2D eigenvalue weighted by Gasteiger charge is -2.25. The third-order valence-corrected chi connectivity index (χ3v) is 11.1. The van der Waals surface area contributed by atoms with Gasteiger partial charge in [0.2, 0.25) is 5.91 Å². The first kappa shape index (κ1) is 53.7. The molecular weight excluding hydrogens is 707 g/mol. The van der Waals surface area contributed by atoms with Crippen LogP contribution in [-0.2, 0) is 18.4 Å². The zero-order valence-electron chi connectivity index (χ0n) is 36.7. The molecule has 9 heteroatoms. The van der Waals surface area contributed by atoms with E-state index in [-0.39, 0.29) is 19.1 Å². The number of nitrogens with one attached hydrogen (secondary N) is 1. The van der Waals surface area contributed by atoms with Crippen LogP contribution in [0.15, 0.2) is 36.5 Å². The third-order valence-electron chi connectivity index (χ3n) is 10.1. The molecule has 0 radical (unpaired) electrons. The summed E-state index contributed by atoms with van der Waals surface area (Å²) in [6.45, 7) is 4.74. The number of unbranched alkanes of at least 4 members (excludes halogenated alkanes) is 24. The fraction of sp³-hybridized carbons (Fsp3) is 0.848. The first-order valence-electron chi connectivity index (χ1n) is 22.9. The van der Waals surface area contributed by atoms with E-state index in [9.17, 15) is 19.4 Å². The standard InChI is InChI=1S/C46H89N2O6P/c1-6-8-10-12-14-16-18-20-21-22-23-24-25-26-27-28-30-32-34-36-38-40-46(50)47-44(43-54-55(51,52)53-42-41-48(3,4)5)45(49)39-37-35-33-31-29-19-17-15-13-11-9-7-2/h13,15,29,31,37,39,44-45,49H,6-12,14,16-28,30,32-36,38,40-43H2,1-5H3,(H-,47,50,51,52)/p+1/b15-13+,31-29+,39-37+. The molecule has 0 heterocycles. The number of allylic oxidation sites excluding steroid dienone is 5. The van der Waals surface area contributed by atoms with Crippen LogP contribution >= 0.6 is 7.82 Å². The molecule has 0 spiro atoms. The Kier molecular flexibility index (Phi) is 37.4. The molecule has 0 rings (SSSR count). The molecule has 3 N–H and O–H groups in total. The summed E-state index contributed by atoms with van der Waals surface area (Å²) < 4.78 is 23.5. The van der Waals surface area contributed by atoms with Gasteiger partial charge in [-0.1, -0.05) is 192 Å². The molecule has 0 fully saturated rings. The maximum atomic E-state index is 12.9. The molecule has 0 aromatic carbocycles. The largest absolute Gasteiger partial charge is 0.472 e. The highest BCUT2D eigenvalue weighted by Gasteiger charge is 2.27. The number of quaternary nitrogens is 1. The van der Waals surface area contributed by atoms with Gasteiger partial charge in [-0.05, 0) is 38.5 Å². The van der Waals surface area contributed by atoms with E-state index in [4.69, 9.17) is 9.05 Å². The summed E-state index contributed by atoms with van der Waals surface area (Å²) in [7, 11) is 1.55. The van der Waals surface area contributed by atoms with E-state index in [1.54, 1.807) is 6.08 Å². The number of phosphoric acid groups is 1. The second-order valence-electron chi connectivity index (χ2n) is 16.8. The molecule has 0 aromatic heterocycles. The number of nitrogens with zero attached hydrogens (tertiary/aromatic N) is 1. The van der Waals surface area contributed by atoms with Crippen molar-refractivity contribution in [2.45, 2.75) is 212 Å². The van der Waals surface area contributed by atoms with Crippen molar-refractivity contribution in [1.82, 2.24) is 5.32 Å². The number of likely N-dealkylation sites (N-methyl/N-ethyl adjacent to an activating group) is 1. The van der Waals surface area contributed by atoms with Crippen LogP contribution in [0, 0.1) is 0 Å². The van der Waals surface area contributed by atoms with Crippen molar-refractivity contribution in [2.75, 3.05) is 40.9 Å². The first-order valence-corrected chi connectivity index (χ1v) is 24.4. The van der Waals surface area contributed by atoms with Crippen LogP contribution in [-0.4, -0.2) is 73.4 Å². The van der Waals surface area contributed by atoms with Gasteiger partial charge in [-0.3, -0.25) is 13.8 Å². The lowest BCUT2D eigenvalue weighted by atomic mass is 10.0. The first-order chi connectivity index (χ1) is 26.5. The minimum atomic E-state index is -4.34. The van der Waals surface area contributed by atoms with Crippen molar-refractivity contribution in [1.29, 1.82) is 0 Å². The zero-order valence-corrected chi connectivity index (χ0v) is 37.6. The highest BCUT2D eigenvalue weighted by atomic mass is 31.2. The average Bonchev–Trinajstić information content (AvgIpc) is 3.13. The van der Waals surface area contributed by atoms with Gasteiger partial charge < -0.3 is 19.8 Å². The van der Waals surface area contributed by atoms with E-state index >= 15 is 0 Å². The topological polar surface area (TPSA) is 105 Å². The molecule has 0 saturated carbocycles. The van der Waals surface area contributed by atoms with Crippen LogP contribution < -0.4 is 5.32 Å². The Bertz CT molecular complexity index is 995. The maximum Gasteiger partial charge on any atom is 0.472 e. The lowest BCUT2D eigenvalue weighted by Crippen LogP contribution is -2.45. The fourth-order valence-corrected chi connectivity index (χ4v) is 7.15. The molecule has 0 aliphatic rings. The number of carbonyl (C=O) groups excluding carboxylic acids is 1. The van der Waals surface area contributed by atoms with Gasteiger partial charge in [-0.25, -0.2) is 4.57 Å². The lowest BCUT2D eigenvalue weighted by molar-refractivity contribution is -0.870. The second kappa shape index (κ2) is 38.2. The molecule has 0 bridgehead atoms. The minimum Gasteiger partial charge on any atom is -0.387 e. The highest BCUT2D eigenvalue weighted by molar-refractivity contribution is 7.47. The Morgan fingerprint density at radius 2 is 1.00 bits per heavy atom. The summed E-state index contributed by atoms with van der Waals surface area (Å²) in [5.74, 6) is -0.191. The Labute approximate surface area is 340 Å². The fourth-order valence-electron chi connectivity index (χ4n) is 6.41. The van der Waals surface area contributed by atoms with Gasteiger partial charge in [0, 0.05) is 6.42 Å². The SMILES string of the molecule is CCCC/C=C/CC/C=C/CC/C=C/C(O)C(COP(=O)(O)OCC[N+](C)(C)C)NC(=O)CCCCCCCCCCCCCCCCCCCCCCC. The number of phosphoric ester groups is 1. The predicted molar refractivity (Wildman–Crippen MR) is 235 cm³/mol. The van der Waals surface area contributed by atoms with E-state index < -0.39 is 20.0 Å². The van der Waals surface area contributed by atoms with E-state index in [2.05, 4.69) is 43.5 Å². The van der Waals surface area contributed by atoms with Gasteiger partial charge >= 0.3 is 7.82 Å². The number of hydrogen-bond donors (Lipinski definition) is 3. The summed E-state index contributed by atoms with van der Waals surface area (Å²) in [5.41, 5.74) is 0. The minimum absolute atomic E-state index is 0.0545. The van der Waals surface area contributed by atoms with Crippen LogP contribution in [0.1, 0.15) is 200 Å². The monoisotopic (exact) mass is 798 g/mol. The molecule has 3 unspecified atom stereocenters. The molecule has 324 valence electrons. The Hall–Kier alpha value is -1.28. The van der Waals surface area contributed by atoms with Gasteiger partial charge in [-0.15, -0.1) is 0 Å². The Morgan fingerprint density at radius 1 is 0.600 bits per heavy atom. The van der Waals surface area contributed by atoms with Gasteiger partial charge in [0.15, 0.2) is 0 Å². The van der Waals surface area contributed by atoms with Crippen molar-refractivity contribution in [2.24, 2.45) is 0 Å². The smallest absolute Gasteiger partial charge is 0.387 e. The molecule has 0 aromatic rings. The number of rotatable bonds is 41. The van der Waals surface area contributed by atoms with E-state index in [1.807, 2.05) is 27.2 Å². The van der Waals surface area contributed by atoms with Gasteiger partial charge in [0.05, 0.1) is 39.9 Å². The Morgan fingerprint density at radius 3 is 1.44 bits per heavy atom. The van der Waals surface area contributed by atoms with Crippen molar-refractivity contribution >= 4 is 13.7 Å². The molecule has 0 saturated heterocycles. The number of carbonyl (C=O) groups is 1. The summed E-state index contributed by atoms with van der Waals surface area (Å²) >= 11 is 0. The highest BCUT2D eigenvalue weighted by Crippen LogP contribution is 2.43. The summed E-state index contributed by atoms with van der Waals surface area (Å²) in [4.78, 5) is 23.1. The van der Waals surface area contributed by atoms with Crippen molar-refractivity contribution in [3.05, 3.63) is 36.5 Å². The molecular formula is C46H90N2O6P+. The molecule has 0 aliphatic heterocycles. The van der Waals surface area contributed by atoms with Crippen LogP contribution in [0.5, 0.6) is 0 Å². The Balaban J connectivity index is 4.32. The molecule has 1 amide bonds. The van der Waals surface area contributed by atoms with E-state index in [0.717, 1.165) is 51.4 Å². The zero-order chi connectivity index (χ0) is 40.7. The van der Waals surface area contributed by atoms with E-state index in [0.29, 0.717) is 17.4 Å². The number of amides is 1. The average molecular weight is 798 g/mol. The normalized spacial score (nSPS) is 14.7. The maximum absolute atomic E-state index is 12.9. The third kappa shape index (κ3) is 40.7. The molecule has 55 heavy (non-hydrogen) atoms. The van der Waals surface area contributed by atoms with Crippen molar-refractivity contribution in [3.8, 4) is 0 Å². The van der Waals surface area contributed by atoms with E-state index in [1.165, 1.54) is 128 Å². The van der Waals surface area contributed by atoms with Crippen LogP contribution in [0.3, 0.4) is 0 Å². The molecule has 8 nitrogen and oxygen atoms in total. The number of aliphatic hydroxyl groups is 1. The predicted octanol–water partition coefficient (Wildman–Crippen LogP) is 12.7. The van der Waals surface area contributed by atoms with Crippen molar-refractivity contribution in [3.63, 3.8) is 0 Å². The van der Waals surface area contributed by atoms with Gasteiger partial charge in [-0.2, -0.15) is 0 Å². The summed E-state index contributed by atoms with van der Waals surface area (Å²) in [5, 5.41) is 13.8. The summed E-state index contributed by atoms with van der Waals surface area (Å²) in [6, 6.07) is -0.865.